The summed E-state index contributed by atoms with van der Waals surface area (Å²) in [7, 11) is 3.69. The summed E-state index contributed by atoms with van der Waals surface area (Å²) in [5, 5.41) is 4.27. The minimum absolute atomic E-state index is 0.0540. The van der Waals surface area contributed by atoms with Crippen LogP contribution >= 0.6 is 11.5 Å². The number of methoxy groups -OCH3 is 1. The van der Waals surface area contributed by atoms with E-state index in [0.29, 0.717) is 17.3 Å². The van der Waals surface area contributed by atoms with E-state index < -0.39 is 0 Å². The fourth-order valence-corrected chi connectivity index (χ4v) is 5.70. The van der Waals surface area contributed by atoms with Gasteiger partial charge >= 0.3 is 0 Å². The van der Waals surface area contributed by atoms with Gasteiger partial charge in [0.05, 0.1) is 23.7 Å². The molecular formula is C22H28N4O3S. The van der Waals surface area contributed by atoms with Crippen LogP contribution in [0.3, 0.4) is 0 Å². The maximum atomic E-state index is 13.2. The third-order valence-corrected chi connectivity index (χ3v) is 7.92. The maximum absolute atomic E-state index is 13.2. The third-order valence-electron chi connectivity index (χ3n) is 7.03. The summed E-state index contributed by atoms with van der Waals surface area (Å²) in [4.78, 5) is 28.6. The summed E-state index contributed by atoms with van der Waals surface area (Å²) in [6.07, 6.45) is 3.20. The van der Waals surface area contributed by atoms with Crippen molar-refractivity contribution in [3.8, 4) is 5.75 Å². The van der Waals surface area contributed by atoms with E-state index >= 15 is 0 Å². The van der Waals surface area contributed by atoms with Crippen LogP contribution < -0.4 is 25.9 Å². The Morgan fingerprint density at radius 3 is 2.67 bits per heavy atom. The van der Waals surface area contributed by atoms with Gasteiger partial charge in [0.25, 0.3) is 5.56 Å². The number of fused-ring (bicyclic) bond motifs is 2. The number of nitrogens with one attached hydrogen (secondary N) is 2. The van der Waals surface area contributed by atoms with E-state index in [-0.39, 0.29) is 21.9 Å². The van der Waals surface area contributed by atoms with E-state index in [0.717, 1.165) is 54.1 Å². The minimum Gasteiger partial charge on any atom is -0.492 e. The number of benzene rings is 1. The first-order valence-corrected chi connectivity index (χ1v) is 11.4. The van der Waals surface area contributed by atoms with Gasteiger partial charge in [-0.25, -0.2) is 0 Å². The van der Waals surface area contributed by atoms with Crippen molar-refractivity contribution in [2.75, 3.05) is 32.1 Å². The monoisotopic (exact) mass is 428 g/mol. The maximum Gasteiger partial charge on any atom is 0.271 e. The number of rotatable bonds is 5. The van der Waals surface area contributed by atoms with Gasteiger partial charge < -0.3 is 19.5 Å². The standard InChI is InChI=1S/C22H28N4O3S/c1-22(2,23-3)12-9-10-25(11-12)15-8-7-14-17(19(15)29-4)26(13-5-6-13)21-16(18(14)27)20(28)24-30-21/h7-8,12-13,23H,5-6,9-11H2,1-4H3,(H,24,28). The molecule has 0 amide bonds. The lowest BCUT2D eigenvalue weighted by Gasteiger charge is -2.32. The second-order valence-corrected chi connectivity index (χ2v) is 9.86. The van der Waals surface area contributed by atoms with Crippen LogP contribution in [0.5, 0.6) is 5.75 Å². The lowest BCUT2D eigenvalue weighted by atomic mass is 9.87. The summed E-state index contributed by atoms with van der Waals surface area (Å²) in [5.74, 6) is 1.26. The van der Waals surface area contributed by atoms with Gasteiger partial charge in [0.1, 0.15) is 10.2 Å². The second-order valence-electron chi connectivity index (χ2n) is 9.06. The van der Waals surface area contributed by atoms with Crippen LogP contribution in [0, 0.1) is 5.92 Å². The average Bonchev–Trinajstić information content (AvgIpc) is 3.30. The zero-order valence-electron chi connectivity index (χ0n) is 17.9. The second kappa shape index (κ2) is 6.85. The topological polar surface area (TPSA) is 79.4 Å². The molecule has 0 bridgehead atoms. The molecule has 3 heterocycles. The van der Waals surface area contributed by atoms with Crippen LogP contribution in [0.25, 0.3) is 21.1 Å². The largest absolute Gasteiger partial charge is 0.492 e. The van der Waals surface area contributed by atoms with Crippen molar-refractivity contribution in [1.82, 2.24) is 14.3 Å². The van der Waals surface area contributed by atoms with Crippen LogP contribution in [0.15, 0.2) is 21.7 Å². The Balaban J connectivity index is 1.73. The SMILES string of the molecule is CNC(C)(C)C1CCN(c2ccc3c(=O)c4c(=O)[nH]sc4n(C4CC4)c3c2OC)C1. The van der Waals surface area contributed by atoms with Gasteiger partial charge in [-0.2, -0.15) is 0 Å². The molecule has 1 saturated heterocycles. The minimum atomic E-state index is -0.295. The predicted octanol–water partition coefficient (Wildman–Crippen LogP) is 3.07. The summed E-state index contributed by atoms with van der Waals surface area (Å²) in [5.41, 5.74) is 1.39. The highest BCUT2D eigenvalue weighted by molar-refractivity contribution is 7.12. The van der Waals surface area contributed by atoms with Gasteiger partial charge in [-0.1, -0.05) is 0 Å². The van der Waals surface area contributed by atoms with Crippen molar-refractivity contribution in [1.29, 1.82) is 0 Å². The zero-order chi connectivity index (χ0) is 21.2. The number of ether oxygens (including phenoxy) is 1. The lowest BCUT2D eigenvalue weighted by Crippen LogP contribution is -2.45. The Morgan fingerprint density at radius 2 is 2.00 bits per heavy atom. The Kier molecular flexibility index (Phi) is 4.48. The molecule has 7 nitrogen and oxygen atoms in total. The van der Waals surface area contributed by atoms with E-state index in [1.54, 1.807) is 7.11 Å². The van der Waals surface area contributed by atoms with Crippen LogP contribution in [-0.2, 0) is 0 Å². The van der Waals surface area contributed by atoms with Gasteiger partial charge in [0, 0.05) is 24.7 Å². The summed E-state index contributed by atoms with van der Waals surface area (Å²) >= 11 is 1.25. The van der Waals surface area contributed by atoms with Crippen LogP contribution in [-0.4, -0.2) is 41.7 Å². The molecule has 1 aliphatic heterocycles. The Hall–Kier alpha value is -2.32. The fraction of sp³-hybridized carbons (Fsp3) is 0.545. The highest BCUT2D eigenvalue weighted by Crippen LogP contribution is 2.45. The molecule has 2 fully saturated rings. The molecule has 0 radical (unpaired) electrons. The third kappa shape index (κ3) is 2.80. The summed E-state index contributed by atoms with van der Waals surface area (Å²) < 4.78 is 10.9. The molecule has 2 N–H and O–H groups in total. The first-order chi connectivity index (χ1) is 14.4. The number of aromatic amines is 1. The molecule has 30 heavy (non-hydrogen) atoms. The Labute approximate surface area is 178 Å². The van der Waals surface area contributed by atoms with Gasteiger partial charge in [-0.3, -0.25) is 14.0 Å². The van der Waals surface area contributed by atoms with Crippen LogP contribution in [0.4, 0.5) is 5.69 Å². The lowest BCUT2D eigenvalue weighted by molar-refractivity contribution is 0.290. The summed E-state index contributed by atoms with van der Waals surface area (Å²) in [6.45, 7) is 6.37. The first kappa shape index (κ1) is 19.6. The van der Waals surface area contributed by atoms with Gasteiger partial charge in [0.15, 0.2) is 5.75 Å². The van der Waals surface area contributed by atoms with Crippen molar-refractivity contribution in [2.24, 2.45) is 5.92 Å². The number of hydrogen-bond donors (Lipinski definition) is 2. The molecule has 160 valence electrons. The molecule has 1 aliphatic carbocycles. The number of anilines is 1. The Bertz CT molecular complexity index is 1250. The van der Waals surface area contributed by atoms with E-state index in [4.69, 9.17) is 4.74 Å². The Morgan fingerprint density at radius 1 is 1.23 bits per heavy atom. The predicted molar refractivity (Wildman–Crippen MR) is 122 cm³/mol. The van der Waals surface area contributed by atoms with Gasteiger partial charge in [-0.05, 0) is 69.7 Å². The van der Waals surface area contributed by atoms with Crippen molar-refractivity contribution in [3.63, 3.8) is 0 Å². The molecule has 8 heteroatoms. The smallest absolute Gasteiger partial charge is 0.271 e. The quantitative estimate of drug-likeness (QED) is 0.653. The highest BCUT2D eigenvalue weighted by atomic mass is 32.1. The van der Waals surface area contributed by atoms with E-state index in [9.17, 15) is 9.59 Å². The average molecular weight is 429 g/mol. The normalized spacial score (nSPS) is 19.9. The van der Waals surface area contributed by atoms with Crippen molar-refractivity contribution in [2.45, 2.75) is 44.7 Å². The molecule has 1 atom stereocenters. The van der Waals surface area contributed by atoms with Crippen LogP contribution in [0.1, 0.15) is 39.2 Å². The molecule has 0 spiro atoms. The summed E-state index contributed by atoms with van der Waals surface area (Å²) in [6, 6.07) is 4.17. The molecule has 1 saturated carbocycles. The van der Waals surface area contributed by atoms with Crippen molar-refractivity contribution >= 4 is 38.3 Å². The number of H-pyrrole nitrogens is 1. The van der Waals surface area contributed by atoms with E-state index in [1.165, 1.54) is 11.5 Å². The van der Waals surface area contributed by atoms with Crippen molar-refractivity contribution < 1.29 is 4.74 Å². The molecule has 1 unspecified atom stereocenters. The molecule has 3 aromatic rings. The fourth-order valence-electron chi connectivity index (χ4n) is 4.79. The van der Waals surface area contributed by atoms with E-state index in [1.807, 2.05) is 19.2 Å². The first-order valence-electron chi connectivity index (χ1n) is 10.6. The molecular weight excluding hydrogens is 400 g/mol. The van der Waals surface area contributed by atoms with E-state index in [2.05, 4.69) is 33.0 Å². The number of aromatic nitrogens is 2. The number of nitrogens with zero attached hydrogens (tertiary/aromatic N) is 2. The molecule has 2 aromatic heterocycles. The molecule has 2 aliphatic rings. The highest BCUT2D eigenvalue weighted by Gasteiger charge is 2.36. The van der Waals surface area contributed by atoms with Gasteiger partial charge in [0.2, 0.25) is 5.43 Å². The van der Waals surface area contributed by atoms with Crippen molar-refractivity contribution in [3.05, 3.63) is 32.7 Å². The van der Waals surface area contributed by atoms with Crippen LogP contribution in [0.2, 0.25) is 0 Å². The molecule has 5 rings (SSSR count). The molecule has 1 aromatic carbocycles. The zero-order valence-corrected chi connectivity index (χ0v) is 18.7. The number of hydrogen-bond acceptors (Lipinski definition) is 6. The van der Waals surface area contributed by atoms with Gasteiger partial charge in [-0.15, -0.1) is 0 Å². The number of pyridine rings is 1.